The van der Waals surface area contributed by atoms with Crippen molar-refractivity contribution in [1.82, 2.24) is 9.55 Å². The van der Waals surface area contributed by atoms with Gasteiger partial charge in [-0.25, -0.2) is 4.98 Å². The second kappa shape index (κ2) is 7.02. The number of anilines is 1. The van der Waals surface area contributed by atoms with Crippen molar-refractivity contribution in [3.8, 4) is 11.5 Å². The maximum absolute atomic E-state index is 5.33. The first kappa shape index (κ1) is 17.4. The van der Waals surface area contributed by atoms with Crippen LogP contribution in [0.4, 0.5) is 5.95 Å². The SMILES string of the molecule is COc1ccc(C2=CC(c3ccc(OC)cc3)Nc3nc4ccccc4n32)cc1. The Labute approximate surface area is 169 Å². The molecule has 1 atom stereocenters. The number of fused-ring (bicyclic) bond motifs is 3. The summed E-state index contributed by atoms with van der Waals surface area (Å²) < 4.78 is 12.8. The van der Waals surface area contributed by atoms with E-state index in [1.54, 1.807) is 14.2 Å². The summed E-state index contributed by atoms with van der Waals surface area (Å²) in [6.45, 7) is 0. The van der Waals surface area contributed by atoms with Crippen molar-refractivity contribution in [3.63, 3.8) is 0 Å². The largest absolute Gasteiger partial charge is 0.497 e. The maximum Gasteiger partial charge on any atom is 0.209 e. The molecule has 2 heterocycles. The van der Waals surface area contributed by atoms with Gasteiger partial charge in [-0.15, -0.1) is 0 Å². The van der Waals surface area contributed by atoms with Crippen molar-refractivity contribution in [3.05, 3.63) is 90.0 Å². The van der Waals surface area contributed by atoms with Gasteiger partial charge in [-0.3, -0.25) is 4.57 Å². The fourth-order valence-electron chi connectivity index (χ4n) is 3.76. The van der Waals surface area contributed by atoms with Gasteiger partial charge in [0.1, 0.15) is 11.5 Å². The Hall–Kier alpha value is -3.73. The zero-order valence-corrected chi connectivity index (χ0v) is 16.3. The van der Waals surface area contributed by atoms with E-state index >= 15 is 0 Å². The minimum atomic E-state index is 0.00215. The lowest BCUT2D eigenvalue weighted by Crippen LogP contribution is -2.19. The van der Waals surface area contributed by atoms with Crippen LogP contribution in [0, 0.1) is 0 Å². The highest BCUT2D eigenvalue weighted by Crippen LogP contribution is 2.37. The van der Waals surface area contributed by atoms with Crippen LogP contribution in [0.2, 0.25) is 0 Å². The van der Waals surface area contributed by atoms with Gasteiger partial charge in [-0.1, -0.05) is 24.3 Å². The summed E-state index contributed by atoms with van der Waals surface area (Å²) in [5, 5.41) is 3.57. The van der Waals surface area contributed by atoms with Crippen LogP contribution in [0.25, 0.3) is 16.7 Å². The lowest BCUT2D eigenvalue weighted by molar-refractivity contribution is 0.414. The predicted molar refractivity (Wildman–Crippen MR) is 115 cm³/mol. The lowest BCUT2D eigenvalue weighted by Gasteiger charge is -2.26. The van der Waals surface area contributed by atoms with Gasteiger partial charge in [-0.05, 0) is 65.7 Å². The van der Waals surface area contributed by atoms with Gasteiger partial charge in [0.2, 0.25) is 5.95 Å². The zero-order valence-electron chi connectivity index (χ0n) is 16.3. The molecule has 0 amide bonds. The number of nitrogens with zero attached hydrogens (tertiary/aromatic N) is 2. The summed E-state index contributed by atoms with van der Waals surface area (Å²) in [5.74, 6) is 2.52. The minimum absolute atomic E-state index is 0.00215. The number of ether oxygens (including phenoxy) is 2. The van der Waals surface area contributed by atoms with Crippen LogP contribution in [0.1, 0.15) is 17.2 Å². The molecular formula is C24H21N3O2. The molecule has 1 unspecified atom stereocenters. The summed E-state index contributed by atoms with van der Waals surface area (Å²) in [6.07, 6.45) is 2.24. The minimum Gasteiger partial charge on any atom is -0.497 e. The van der Waals surface area contributed by atoms with E-state index in [9.17, 15) is 0 Å². The van der Waals surface area contributed by atoms with Crippen LogP contribution in [-0.2, 0) is 0 Å². The van der Waals surface area contributed by atoms with Gasteiger partial charge in [0.05, 0.1) is 37.0 Å². The monoisotopic (exact) mass is 383 g/mol. The molecular weight excluding hydrogens is 362 g/mol. The van der Waals surface area contributed by atoms with Crippen molar-refractivity contribution in [2.75, 3.05) is 19.5 Å². The summed E-state index contributed by atoms with van der Waals surface area (Å²) >= 11 is 0. The van der Waals surface area contributed by atoms with Gasteiger partial charge in [0.25, 0.3) is 0 Å². The summed E-state index contributed by atoms with van der Waals surface area (Å²) in [5.41, 5.74) is 5.39. The fourth-order valence-corrected chi connectivity index (χ4v) is 3.76. The van der Waals surface area contributed by atoms with Gasteiger partial charge in [0.15, 0.2) is 0 Å². The molecule has 1 aromatic heterocycles. The number of rotatable bonds is 4. The van der Waals surface area contributed by atoms with E-state index in [-0.39, 0.29) is 6.04 Å². The lowest BCUT2D eigenvalue weighted by atomic mass is 10.0. The number of nitrogens with one attached hydrogen (secondary N) is 1. The molecule has 0 spiro atoms. The molecule has 0 fully saturated rings. The van der Waals surface area contributed by atoms with E-state index in [1.807, 2.05) is 42.5 Å². The zero-order chi connectivity index (χ0) is 19.8. The number of methoxy groups -OCH3 is 2. The second-order valence-corrected chi connectivity index (χ2v) is 6.94. The third-order valence-electron chi connectivity index (χ3n) is 5.27. The van der Waals surface area contributed by atoms with Crippen LogP contribution >= 0.6 is 0 Å². The van der Waals surface area contributed by atoms with Gasteiger partial charge < -0.3 is 14.8 Å². The Balaban J connectivity index is 1.66. The van der Waals surface area contributed by atoms with Crippen molar-refractivity contribution >= 4 is 22.7 Å². The highest BCUT2D eigenvalue weighted by atomic mass is 16.5. The molecule has 1 N–H and O–H groups in total. The number of hydrogen-bond acceptors (Lipinski definition) is 4. The number of aromatic nitrogens is 2. The van der Waals surface area contributed by atoms with Crippen LogP contribution < -0.4 is 14.8 Å². The molecule has 5 heteroatoms. The summed E-state index contributed by atoms with van der Waals surface area (Å²) in [7, 11) is 3.36. The Kier molecular flexibility index (Phi) is 4.21. The van der Waals surface area contributed by atoms with E-state index in [0.29, 0.717) is 0 Å². The molecule has 5 nitrogen and oxygen atoms in total. The second-order valence-electron chi connectivity index (χ2n) is 6.94. The summed E-state index contributed by atoms with van der Waals surface area (Å²) in [6, 6.07) is 24.4. The highest BCUT2D eigenvalue weighted by molar-refractivity contribution is 5.88. The molecule has 144 valence electrons. The van der Waals surface area contributed by atoms with E-state index < -0.39 is 0 Å². The quantitative estimate of drug-likeness (QED) is 0.532. The Morgan fingerprint density at radius 1 is 0.828 bits per heavy atom. The molecule has 29 heavy (non-hydrogen) atoms. The number of hydrogen-bond donors (Lipinski definition) is 1. The topological polar surface area (TPSA) is 48.3 Å². The molecule has 0 radical (unpaired) electrons. The Morgan fingerprint density at radius 3 is 2.17 bits per heavy atom. The van der Waals surface area contributed by atoms with E-state index in [2.05, 4.69) is 46.3 Å². The van der Waals surface area contributed by atoms with Crippen molar-refractivity contribution in [2.24, 2.45) is 0 Å². The molecule has 0 saturated heterocycles. The van der Waals surface area contributed by atoms with E-state index in [1.165, 1.54) is 0 Å². The Morgan fingerprint density at radius 2 is 1.48 bits per heavy atom. The standard InChI is InChI=1S/C24H21N3O2/c1-28-18-11-7-16(8-12-18)21-15-23(17-9-13-19(29-2)14-10-17)27-22-6-4-3-5-20(22)25-24(27)26-21/h3-15,21H,1-2H3,(H,25,26). The third kappa shape index (κ3) is 3.01. The van der Waals surface area contributed by atoms with E-state index in [4.69, 9.17) is 14.5 Å². The average Bonchev–Trinajstić information content (AvgIpc) is 3.17. The number of imidazole rings is 1. The third-order valence-corrected chi connectivity index (χ3v) is 5.27. The first-order valence-corrected chi connectivity index (χ1v) is 9.51. The van der Waals surface area contributed by atoms with Gasteiger partial charge >= 0.3 is 0 Å². The molecule has 3 aromatic carbocycles. The fraction of sp³-hybridized carbons (Fsp3) is 0.125. The van der Waals surface area contributed by atoms with Crippen LogP contribution in [0.15, 0.2) is 78.9 Å². The van der Waals surface area contributed by atoms with Gasteiger partial charge in [-0.2, -0.15) is 0 Å². The van der Waals surface area contributed by atoms with Crippen LogP contribution in [0.5, 0.6) is 11.5 Å². The molecule has 1 aliphatic heterocycles. The predicted octanol–water partition coefficient (Wildman–Crippen LogP) is 5.11. The van der Waals surface area contributed by atoms with Crippen molar-refractivity contribution in [1.29, 1.82) is 0 Å². The number of para-hydroxylation sites is 2. The van der Waals surface area contributed by atoms with Crippen molar-refractivity contribution < 1.29 is 9.47 Å². The molecule has 0 aliphatic carbocycles. The first-order valence-electron chi connectivity index (χ1n) is 9.51. The smallest absolute Gasteiger partial charge is 0.209 e. The van der Waals surface area contributed by atoms with E-state index in [0.717, 1.165) is 45.3 Å². The van der Waals surface area contributed by atoms with Crippen molar-refractivity contribution in [2.45, 2.75) is 6.04 Å². The van der Waals surface area contributed by atoms with Gasteiger partial charge in [0, 0.05) is 0 Å². The maximum atomic E-state index is 5.33. The normalized spacial score (nSPS) is 15.4. The molecule has 5 rings (SSSR count). The number of benzene rings is 3. The molecule has 1 aliphatic rings. The average molecular weight is 383 g/mol. The summed E-state index contributed by atoms with van der Waals surface area (Å²) in [4.78, 5) is 4.83. The highest BCUT2D eigenvalue weighted by Gasteiger charge is 2.24. The Bertz CT molecular complexity index is 1190. The van der Waals surface area contributed by atoms with Crippen LogP contribution in [-0.4, -0.2) is 23.8 Å². The molecule has 0 saturated carbocycles. The molecule has 0 bridgehead atoms. The first-order chi connectivity index (χ1) is 14.3. The molecule has 4 aromatic rings. The van der Waals surface area contributed by atoms with Crippen LogP contribution in [0.3, 0.4) is 0 Å².